The normalized spacial score (nSPS) is 17.2. The predicted octanol–water partition coefficient (Wildman–Crippen LogP) is 4.20. The SMILES string of the molecule is CSc1ccc(C2OCc3c(O)c(C)nc(Br)c32)cc1. The van der Waals surface area contributed by atoms with E-state index in [4.69, 9.17) is 4.74 Å². The number of hydrogen-bond donors (Lipinski definition) is 1. The first-order valence-electron chi connectivity index (χ1n) is 6.25. The van der Waals surface area contributed by atoms with Crippen molar-refractivity contribution in [3.8, 4) is 5.75 Å². The van der Waals surface area contributed by atoms with Crippen LogP contribution in [0.15, 0.2) is 33.8 Å². The van der Waals surface area contributed by atoms with Gasteiger partial charge in [0.05, 0.1) is 12.3 Å². The predicted molar refractivity (Wildman–Crippen MR) is 83.2 cm³/mol. The lowest BCUT2D eigenvalue weighted by Gasteiger charge is -2.14. The minimum absolute atomic E-state index is 0.172. The summed E-state index contributed by atoms with van der Waals surface area (Å²) >= 11 is 5.20. The highest BCUT2D eigenvalue weighted by molar-refractivity contribution is 9.10. The summed E-state index contributed by atoms with van der Waals surface area (Å²) in [6.45, 7) is 2.21. The van der Waals surface area contributed by atoms with Gasteiger partial charge in [-0.3, -0.25) is 0 Å². The molecule has 3 rings (SSSR count). The molecule has 1 atom stereocenters. The Morgan fingerprint density at radius 1 is 1.35 bits per heavy atom. The van der Waals surface area contributed by atoms with Crippen molar-refractivity contribution < 1.29 is 9.84 Å². The van der Waals surface area contributed by atoms with Gasteiger partial charge in [-0.2, -0.15) is 0 Å². The van der Waals surface area contributed by atoms with E-state index in [0.717, 1.165) is 21.3 Å². The molecule has 0 spiro atoms. The Morgan fingerprint density at radius 2 is 2.05 bits per heavy atom. The van der Waals surface area contributed by atoms with Crippen molar-refractivity contribution in [2.24, 2.45) is 0 Å². The minimum atomic E-state index is -0.172. The molecule has 1 aliphatic heterocycles. The van der Waals surface area contributed by atoms with E-state index in [9.17, 15) is 5.11 Å². The number of nitrogens with zero attached hydrogens (tertiary/aromatic N) is 1. The van der Waals surface area contributed by atoms with Gasteiger partial charge < -0.3 is 9.84 Å². The van der Waals surface area contributed by atoms with Crippen LogP contribution in [0.4, 0.5) is 0 Å². The summed E-state index contributed by atoms with van der Waals surface area (Å²) in [6, 6.07) is 8.29. The molecule has 0 saturated carbocycles. The van der Waals surface area contributed by atoms with Crippen LogP contribution >= 0.6 is 27.7 Å². The summed E-state index contributed by atoms with van der Waals surface area (Å²) in [5.41, 5.74) is 3.47. The standard InChI is InChI=1S/C15H14BrNO2S/c1-8-13(18)11-7-19-14(12(11)15(16)17-8)9-3-5-10(20-2)6-4-9/h3-6,14,18H,7H2,1-2H3. The maximum Gasteiger partial charge on any atom is 0.142 e. The average Bonchev–Trinajstić information content (AvgIpc) is 2.90. The summed E-state index contributed by atoms with van der Waals surface area (Å²) in [6.07, 6.45) is 1.88. The first-order valence-corrected chi connectivity index (χ1v) is 8.27. The summed E-state index contributed by atoms with van der Waals surface area (Å²) in [5.74, 6) is 0.242. The number of rotatable bonds is 2. The molecule has 0 saturated heterocycles. The molecule has 1 aromatic heterocycles. The third-order valence-corrected chi connectivity index (χ3v) is 4.86. The molecular formula is C15H14BrNO2S. The molecule has 104 valence electrons. The molecule has 0 radical (unpaired) electrons. The molecule has 1 aromatic carbocycles. The molecule has 3 nitrogen and oxygen atoms in total. The Labute approximate surface area is 130 Å². The second-order valence-electron chi connectivity index (χ2n) is 4.69. The summed E-state index contributed by atoms with van der Waals surface area (Å²) in [4.78, 5) is 5.56. The highest BCUT2D eigenvalue weighted by atomic mass is 79.9. The zero-order chi connectivity index (χ0) is 14.3. The van der Waals surface area contributed by atoms with E-state index in [1.165, 1.54) is 4.90 Å². The van der Waals surface area contributed by atoms with Crippen LogP contribution < -0.4 is 0 Å². The Bertz CT molecular complexity index is 658. The first-order chi connectivity index (χ1) is 9.61. The van der Waals surface area contributed by atoms with Crippen molar-refractivity contribution in [1.29, 1.82) is 0 Å². The lowest BCUT2D eigenvalue weighted by atomic mass is 10.0. The molecule has 20 heavy (non-hydrogen) atoms. The lowest BCUT2D eigenvalue weighted by molar-refractivity contribution is 0.0929. The monoisotopic (exact) mass is 351 g/mol. The van der Waals surface area contributed by atoms with E-state index in [1.807, 2.05) is 0 Å². The van der Waals surface area contributed by atoms with Crippen LogP contribution in [0.25, 0.3) is 0 Å². The van der Waals surface area contributed by atoms with E-state index in [2.05, 4.69) is 51.4 Å². The zero-order valence-electron chi connectivity index (χ0n) is 11.2. The number of thioether (sulfide) groups is 1. The second kappa shape index (κ2) is 5.39. The van der Waals surface area contributed by atoms with Gasteiger partial charge in [-0.1, -0.05) is 12.1 Å². The summed E-state index contributed by atoms with van der Waals surface area (Å²) < 4.78 is 6.61. The zero-order valence-corrected chi connectivity index (χ0v) is 13.6. The number of ether oxygens (including phenoxy) is 1. The van der Waals surface area contributed by atoms with Crippen molar-refractivity contribution in [3.63, 3.8) is 0 Å². The Balaban J connectivity index is 2.06. The quantitative estimate of drug-likeness (QED) is 0.650. The van der Waals surface area contributed by atoms with E-state index in [0.29, 0.717) is 12.3 Å². The highest BCUT2D eigenvalue weighted by Crippen LogP contribution is 2.44. The molecule has 5 heteroatoms. The van der Waals surface area contributed by atoms with Gasteiger partial charge in [0.25, 0.3) is 0 Å². The van der Waals surface area contributed by atoms with Crippen molar-refractivity contribution in [2.45, 2.75) is 24.5 Å². The largest absolute Gasteiger partial charge is 0.506 e. The van der Waals surface area contributed by atoms with E-state index in [-0.39, 0.29) is 11.9 Å². The van der Waals surface area contributed by atoms with Gasteiger partial charge in [0, 0.05) is 16.0 Å². The van der Waals surface area contributed by atoms with Gasteiger partial charge in [0.15, 0.2) is 0 Å². The number of benzene rings is 1. The van der Waals surface area contributed by atoms with E-state index < -0.39 is 0 Å². The van der Waals surface area contributed by atoms with Crippen LogP contribution in [-0.4, -0.2) is 16.3 Å². The molecule has 2 heterocycles. The number of fused-ring (bicyclic) bond motifs is 1. The molecule has 1 N–H and O–H groups in total. The molecule has 2 aromatic rings. The van der Waals surface area contributed by atoms with E-state index >= 15 is 0 Å². The lowest BCUT2D eigenvalue weighted by Crippen LogP contribution is -2.01. The van der Waals surface area contributed by atoms with Gasteiger partial charge in [-0.25, -0.2) is 4.98 Å². The molecule has 0 aliphatic carbocycles. The molecule has 0 fully saturated rings. The third-order valence-electron chi connectivity index (χ3n) is 3.52. The molecule has 0 bridgehead atoms. The van der Waals surface area contributed by atoms with Crippen molar-refractivity contribution >= 4 is 27.7 Å². The third kappa shape index (κ3) is 2.24. The second-order valence-corrected chi connectivity index (χ2v) is 6.32. The summed E-state index contributed by atoms with van der Waals surface area (Å²) in [7, 11) is 0. The number of aromatic hydroxyl groups is 1. The Morgan fingerprint density at radius 3 is 2.70 bits per heavy atom. The Hall–Kier alpha value is -1.04. The molecule has 1 unspecified atom stereocenters. The smallest absolute Gasteiger partial charge is 0.142 e. The fourth-order valence-electron chi connectivity index (χ4n) is 2.43. The maximum atomic E-state index is 10.1. The van der Waals surface area contributed by atoms with Gasteiger partial charge in [-0.05, 0) is 46.8 Å². The van der Waals surface area contributed by atoms with Gasteiger partial charge in [0.2, 0.25) is 0 Å². The molecule has 0 amide bonds. The van der Waals surface area contributed by atoms with E-state index in [1.54, 1.807) is 18.7 Å². The highest BCUT2D eigenvalue weighted by Gasteiger charge is 2.31. The van der Waals surface area contributed by atoms with Crippen LogP contribution in [0, 0.1) is 6.92 Å². The first kappa shape index (κ1) is 13.9. The van der Waals surface area contributed by atoms with Crippen molar-refractivity contribution in [3.05, 3.63) is 51.3 Å². The van der Waals surface area contributed by atoms with Crippen molar-refractivity contribution in [1.82, 2.24) is 4.98 Å². The minimum Gasteiger partial charge on any atom is -0.506 e. The fraction of sp³-hybridized carbons (Fsp3) is 0.267. The topological polar surface area (TPSA) is 42.4 Å². The van der Waals surface area contributed by atoms with Crippen LogP contribution in [0.1, 0.15) is 28.5 Å². The summed E-state index contributed by atoms with van der Waals surface area (Å²) in [5, 5.41) is 10.1. The van der Waals surface area contributed by atoms with Crippen LogP contribution in [0.5, 0.6) is 5.75 Å². The number of aryl methyl sites for hydroxylation is 1. The average molecular weight is 352 g/mol. The number of pyridine rings is 1. The molecule has 1 aliphatic rings. The maximum absolute atomic E-state index is 10.1. The van der Waals surface area contributed by atoms with Crippen LogP contribution in [0.2, 0.25) is 0 Å². The number of hydrogen-bond acceptors (Lipinski definition) is 4. The van der Waals surface area contributed by atoms with Crippen molar-refractivity contribution in [2.75, 3.05) is 6.26 Å². The van der Waals surface area contributed by atoms with Gasteiger partial charge in [0.1, 0.15) is 16.5 Å². The van der Waals surface area contributed by atoms with Gasteiger partial charge in [-0.15, -0.1) is 11.8 Å². The van der Waals surface area contributed by atoms with Crippen LogP contribution in [-0.2, 0) is 11.3 Å². The number of halogens is 1. The van der Waals surface area contributed by atoms with Gasteiger partial charge >= 0.3 is 0 Å². The number of aromatic nitrogens is 1. The molecular weight excluding hydrogens is 338 g/mol. The van der Waals surface area contributed by atoms with Crippen LogP contribution in [0.3, 0.4) is 0 Å². The fourth-order valence-corrected chi connectivity index (χ4v) is 3.56. The Kier molecular flexibility index (Phi) is 3.75.